The first-order valence-corrected chi connectivity index (χ1v) is 8.91. The largest absolute Gasteiger partial charge is 0.324 e. The van der Waals surface area contributed by atoms with Gasteiger partial charge in [0.15, 0.2) is 10.2 Å². The number of nitrogens with zero attached hydrogens (tertiary/aromatic N) is 3. The van der Waals surface area contributed by atoms with Crippen LogP contribution in [0.5, 0.6) is 0 Å². The predicted molar refractivity (Wildman–Crippen MR) is 90.2 cm³/mol. The Labute approximate surface area is 139 Å². The van der Waals surface area contributed by atoms with E-state index in [-0.39, 0.29) is 0 Å². The molecule has 116 valence electrons. The summed E-state index contributed by atoms with van der Waals surface area (Å²) in [6, 6.07) is 8.12. The summed E-state index contributed by atoms with van der Waals surface area (Å²) in [6.45, 7) is 0.474. The summed E-state index contributed by atoms with van der Waals surface area (Å²) >= 11 is 3.25. The molecule has 0 saturated carbocycles. The molecule has 0 fully saturated rings. The molecule has 0 aliphatic heterocycles. The quantitative estimate of drug-likeness (QED) is 0.504. The molecular formula is C16H11F2N3S2. The molecule has 0 atom stereocenters. The van der Waals surface area contributed by atoms with E-state index < -0.39 is 11.6 Å². The lowest BCUT2D eigenvalue weighted by Crippen LogP contribution is -1.99. The fourth-order valence-electron chi connectivity index (χ4n) is 2.57. The number of hydrogen-bond acceptors (Lipinski definition) is 4. The van der Waals surface area contributed by atoms with Gasteiger partial charge in [0.1, 0.15) is 11.3 Å². The van der Waals surface area contributed by atoms with Gasteiger partial charge in [-0.05, 0) is 24.0 Å². The molecule has 2 heterocycles. The van der Waals surface area contributed by atoms with Crippen LogP contribution < -0.4 is 0 Å². The van der Waals surface area contributed by atoms with Crippen molar-refractivity contribution in [3.63, 3.8) is 0 Å². The van der Waals surface area contributed by atoms with Gasteiger partial charge in [-0.2, -0.15) is 0 Å². The van der Waals surface area contributed by atoms with Crippen LogP contribution in [0.3, 0.4) is 0 Å². The van der Waals surface area contributed by atoms with Crippen LogP contribution >= 0.6 is 23.1 Å². The SMILES string of the molecule is CSc1nc2ccc(Cn3cnc4cc(F)cc(F)c43)cc2s1. The zero-order chi connectivity index (χ0) is 16.0. The minimum atomic E-state index is -0.615. The maximum Gasteiger partial charge on any atom is 0.152 e. The second-order valence-electron chi connectivity index (χ2n) is 5.11. The maximum absolute atomic E-state index is 14.0. The number of aromatic nitrogens is 3. The molecule has 0 aliphatic rings. The van der Waals surface area contributed by atoms with Crippen LogP contribution in [0.1, 0.15) is 5.56 Å². The summed E-state index contributed by atoms with van der Waals surface area (Å²) in [7, 11) is 0. The van der Waals surface area contributed by atoms with E-state index in [1.807, 2.05) is 18.4 Å². The molecule has 0 bridgehead atoms. The van der Waals surface area contributed by atoms with Crippen molar-refractivity contribution in [2.45, 2.75) is 10.9 Å². The standard InChI is InChI=1S/C16H11F2N3S2/c1-22-16-20-12-3-2-9(4-14(12)23-16)7-21-8-19-13-6-10(17)5-11(18)15(13)21/h2-6,8H,7H2,1H3. The minimum Gasteiger partial charge on any atom is -0.324 e. The molecule has 7 heteroatoms. The van der Waals surface area contributed by atoms with Crippen LogP contribution in [-0.2, 0) is 6.54 Å². The highest BCUT2D eigenvalue weighted by molar-refractivity contribution is 8.00. The Morgan fingerprint density at radius 2 is 2.04 bits per heavy atom. The van der Waals surface area contributed by atoms with Gasteiger partial charge in [-0.1, -0.05) is 17.8 Å². The lowest BCUT2D eigenvalue weighted by molar-refractivity contribution is 0.587. The number of halogens is 2. The normalized spacial score (nSPS) is 11.6. The van der Waals surface area contributed by atoms with Gasteiger partial charge in [0.2, 0.25) is 0 Å². The molecule has 0 saturated heterocycles. The number of thioether (sulfide) groups is 1. The highest BCUT2D eigenvalue weighted by Gasteiger charge is 2.11. The number of benzene rings is 2. The molecule has 4 aromatic rings. The van der Waals surface area contributed by atoms with Gasteiger partial charge in [-0.3, -0.25) is 0 Å². The number of hydrogen-bond donors (Lipinski definition) is 0. The zero-order valence-corrected chi connectivity index (χ0v) is 13.7. The molecular weight excluding hydrogens is 336 g/mol. The van der Waals surface area contributed by atoms with E-state index in [0.717, 1.165) is 26.2 Å². The van der Waals surface area contributed by atoms with Gasteiger partial charge in [-0.15, -0.1) is 11.3 Å². The number of rotatable bonds is 3. The van der Waals surface area contributed by atoms with Crippen LogP contribution in [0.2, 0.25) is 0 Å². The van der Waals surface area contributed by atoms with Crippen molar-refractivity contribution in [1.82, 2.24) is 14.5 Å². The number of imidazole rings is 1. The first kappa shape index (κ1) is 14.6. The molecule has 0 amide bonds. The second-order valence-corrected chi connectivity index (χ2v) is 7.20. The van der Waals surface area contributed by atoms with E-state index in [4.69, 9.17) is 0 Å². The highest BCUT2D eigenvalue weighted by atomic mass is 32.2. The molecule has 0 spiro atoms. The third kappa shape index (κ3) is 2.60. The summed E-state index contributed by atoms with van der Waals surface area (Å²) in [5.41, 5.74) is 2.63. The summed E-state index contributed by atoms with van der Waals surface area (Å²) < 4.78 is 31.1. The van der Waals surface area contributed by atoms with Gasteiger partial charge >= 0.3 is 0 Å². The van der Waals surface area contributed by atoms with Crippen molar-refractivity contribution in [2.75, 3.05) is 6.26 Å². The van der Waals surface area contributed by atoms with Gasteiger partial charge < -0.3 is 4.57 Å². The molecule has 0 radical (unpaired) electrons. The highest BCUT2D eigenvalue weighted by Crippen LogP contribution is 2.29. The lowest BCUT2D eigenvalue weighted by Gasteiger charge is -2.05. The molecule has 23 heavy (non-hydrogen) atoms. The summed E-state index contributed by atoms with van der Waals surface area (Å²) in [6.07, 6.45) is 3.54. The van der Waals surface area contributed by atoms with Crippen LogP contribution in [0.25, 0.3) is 21.3 Å². The molecule has 0 aliphatic carbocycles. The fraction of sp³-hybridized carbons (Fsp3) is 0.125. The Morgan fingerprint density at radius 3 is 2.87 bits per heavy atom. The topological polar surface area (TPSA) is 30.7 Å². The molecule has 0 unspecified atom stereocenters. The maximum atomic E-state index is 14.0. The van der Waals surface area contributed by atoms with Crippen molar-refractivity contribution in [3.8, 4) is 0 Å². The van der Waals surface area contributed by atoms with Crippen molar-refractivity contribution >= 4 is 44.3 Å². The Bertz CT molecular complexity index is 1020. The molecule has 3 nitrogen and oxygen atoms in total. The zero-order valence-electron chi connectivity index (χ0n) is 12.1. The van der Waals surface area contributed by atoms with E-state index >= 15 is 0 Å². The van der Waals surface area contributed by atoms with Gasteiger partial charge in [0, 0.05) is 18.7 Å². The van der Waals surface area contributed by atoms with E-state index in [2.05, 4.69) is 16.0 Å². The molecule has 4 rings (SSSR count). The third-order valence-corrected chi connectivity index (χ3v) is 5.60. The minimum absolute atomic E-state index is 0.320. The smallest absolute Gasteiger partial charge is 0.152 e. The average molecular weight is 347 g/mol. The fourth-order valence-corrected chi connectivity index (χ4v) is 4.13. The number of fused-ring (bicyclic) bond motifs is 2. The Balaban J connectivity index is 1.75. The van der Waals surface area contributed by atoms with E-state index in [1.54, 1.807) is 27.7 Å². The number of thiazole rings is 1. The van der Waals surface area contributed by atoms with Crippen molar-refractivity contribution in [3.05, 3.63) is 53.9 Å². The van der Waals surface area contributed by atoms with Crippen molar-refractivity contribution < 1.29 is 8.78 Å². The van der Waals surface area contributed by atoms with Crippen LogP contribution in [0, 0.1) is 11.6 Å². The van der Waals surface area contributed by atoms with Crippen molar-refractivity contribution in [2.24, 2.45) is 0 Å². The van der Waals surface area contributed by atoms with Crippen LogP contribution in [-0.4, -0.2) is 20.8 Å². The van der Waals surface area contributed by atoms with Gasteiger partial charge in [-0.25, -0.2) is 18.7 Å². The first-order chi connectivity index (χ1) is 11.1. The summed E-state index contributed by atoms with van der Waals surface area (Å²) in [5, 5.41) is 0. The average Bonchev–Trinajstić information content (AvgIpc) is 3.10. The molecule has 0 N–H and O–H groups in total. The summed E-state index contributed by atoms with van der Waals surface area (Å²) in [5.74, 6) is -1.21. The Hall–Kier alpha value is -1.99. The predicted octanol–water partition coefficient (Wildman–Crippen LogP) is 4.69. The lowest BCUT2D eigenvalue weighted by atomic mass is 10.2. The first-order valence-electron chi connectivity index (χ1n) is 6.87. The van der Waals surface area contributed by atoms with E-state index in [0.29, 0.717) is 17.6 Å². The van der Waals surface area contributed by atoms with Gasteiger partial charge in [0.25, 0.3) is 0 Å². The molecule has 2 aromatic heterocycles. The second kappa shape index (κ2) is 5.58. The Morgan fingerprint density at radius 1 is 1.17 bits per heavy atom. The van der Waals surface area contributed by atoms with Crippen LogP contribution in [0.15, 0.2) is 41.0 Å². The molecule has 2 aromatic carbocycles. The van der Waals surface area contributed by atoms with Crippen LogP contribution in [0.4, 0.5) is 8.78 Å². The van der Waals surface area contributed by atoms with E-state index in [9.17, 15) is 8.78 Å². The summed E-state index contributed by atoms with van der Waals surface area (Å²) in [4.78, 5) is 8.59. The monoisotopic (exact) mass is 347 g/mol. The van der Waals surface area contributed by atoms with E-state index in [1.165, 1.54) is 12.4 Å². The third-order valence-electron chi connectivity index (χ3n) is 3.59. The Kier molecular flexibility index (Phi) is 3.54. The van der Waals surface area contributed by atoms with Gasteiger partial charge in [0.05, 0.1) is 22.1 Å². The van der Waals surface area contributed by atoms with Crippen molar-refractivity contribution in [1.29, 1.82) is 0 Å².